The molecule has 19 heavy (non-hydrogen) atoms. The average molecular weight is 327 g/mol. The molecular formula is C13H15BrN2O3. The molecule has 0 aliphatic rings. The highest BCUT2D eigenvalue weighted by Crippen LogP contribution is 2.17. The van der Waals surface area contributed by atoms with Gasteiger partial charge in [0.1, 0.15) is 6.61 Å². The van der Waals surface area contributed by atoms with Crippen molar-refractivity contribution in [3.63, 3.8) is 0 Å². The highest BCUT2D eigenvalue weighted by atomic mass is 79.9. The van der Waals surface area contributed by atoms with E-state index < -0.39 is 5.97 Å². The fourth-order valence-electron chi connectivity index (χ4n) is 1.27. The largest absolute Gasteiger partial charge is 0.461 e. The lowest BCUT2D eigenvalue weighted by atomic mass is 10.3. The molecule has 0 atom stereocenters. The summed E-state index contributed by atoms with van der Waals surface area (Å²) in [6.45, 7) is 3.64. The molecule has 0 bridgehead atoms. The van der Waals surface area contributed by atoms with Gasteiger partial charge in [-0.15, -0.1) is 0 Å². The van der Waals surface area contributed by atoms with Crippen molar-refractivity contribution in [2.75, 3.05) is 25.1 Å². The number of nitrogens with zero attached hydrogens (tertiary/aromatic N) is 1. The summed E-state index contributed by atoms with van der Waals surface area (Å²) in [6.07, 6.45) is 1.08. The predicted molar refractivity (Wildman–Crippen MR) is 77.1 cm³/mol. The molecule has 0 spiro atoms. The van der Waals surface area contributed by atoms with Gasteiger partial charge in [0.2, 0.25) is 0 Å². The summed E-state index contributed by atoms with van der Waals surface area (Å²) in [6, 6.07) is 7.08. The van der Waals surface area contributed by atoms with Gasteiger partial charge in [0.05, 0.1) is 6.54 Å². The van der Waals surface area contributed by atoms with Crippen LogP contribution in [-0.4, -0.2) is 32.2 Å². The molecule has 1 N–H and O–H groups in total. The van der Waals surface area contributed by atoms with Crippen LogP contribution < -0.4 is 10.2 Å². The molecule has 0 aliphatic carbocycles. The quantitative estimate of drug-likeness (QED) is 0.513. The Hall–Kier alpha value is -1.82. The molecule has 0 fully saturated rings. The summed E-state index contributed by atoms with van der Waals surface area (Å²) < 4.78 is 5.69. The number of anilines is 1. The van der Waals surface area contributed by atoms with E-state index in [4.69, 9.17) is 4.74 Å². The fourth-order valence-corrected chi connectivity index (χ4v) is 1.53. The molecule has 1 aromatic rings. The molecule has 2 amide bonds. The third-order valence-electron chi connectivity index (χ3n) is 2.31. The van der Waals surface area contributed by atoms with Gasteiger partial charge in [0.25, 0.3) is 0 Å². The SMILES string of the molecule is C=CC(=O)OCCNC(=O)N(C)c1ccc(Br)cc1. The van der Waals surface area contributed by atoms with E-state index in [-0.39, 0.29) is 19.2 Å². The van der Waals surface area contributed by atoms with Gasteiger partial charge in [-0.3, -0.25) is 4.90 Å². The minimum atomic E-state index is -0.504. The highest BCUT2D eigenvalue weighted by molar-refractivity contribution is 9.10. The van der Waals surface area contributed by atoms with Crippen molar-refractivity contribution in [3.8, 4) is 0 Å². The van der Waals surface area contributed by atoms with Crippen LogP contribution in [0, 0.1) is 0 Å². The number of carbonyl (C=O) groups is 2. The lowest BCUT2D eigenvalue weighted by molar-refractivity contribution is -0.137. The van der Waals surface area contributed by atoms with Gasteiger partial charge < -0.3 is 10.1 Å². The summed E-state index contributed by atoms with van der Waals surface area (Å²) in [7, 11) is 1.66. The van der Waals surface area contributed by atoms with Gasteiger partial charge >= 0.3 is 12.0 Å². The number of urea groups is 1. The van der Waals surface area contributed by atoms with E-state index in [0.717, 1.165) is 16.2 Å². The molecule has 0 aliphatic heterocycles. The zero-order chi connectivity index (χ0) is 14.3. The molecular weight excluding hydrogens is 312 g/mol. The van der Waals surface area contributed by atoms with Gasteiger partial charge in [0.15, 0.2) is 0 Å². The van der Waals surface area contributed by atoms with Crippen LogP contribution in [0.4, 0.5) is 10.5 Å². The van der Waals surface area contributed by atoms with E-state index in [0.29, 0.717) is 0 Å². The number of halogens is 1. The zero-order valence-corrected chi connectivity index (χ0v) is 12.1. The average Bonchev–Trinajstić information content (AvgIpc) is 2.43. The van der Waals surface area contributed by atoms with Crippen LogP contribution in [0.15, 0.2) is 41.4 Å². The standard InChI is InChI=1S/C13H15BrN2O3/c1-3-12(17)19-9-8-15-13(18)16(2)11-6-4-10(14)5-7-11/h3-7H,1,8-9H2,2H3,(H,15,18). The van der Waals surface area contributed by atoms with Crippen molar-refractivity contribution in [1.82, 2.24) is 5.32 Å². The molecule has 0 saturated heterocycles. The Labute approximate surface area is 120 Å². The molecule has 6 heteroatoms. The van der Waals surface area contributed by atoms with Crippen LogP contribution in [0.5, 0.6) is 0 Å². The monoisotopic (exact) mass is 326 g/mol. The Morgan fingerprint density at radius 3 is 2.63 bits per heavy atom. The third-order valence-corrected chi connectivity index (χ3v) is 2.84. The Bertz CT molecular complexity index is 459. The second kappa shape index (κ2) is 7.58. The van der Waals surface area contributed by atoms with Crippen molar-refractivity contribution >= 4 is 33.6 Å². The van der Waals surface area contributed by atoms with Crippen LogP contribution in [0.2, 0.25) is 0 Å². The van der Waals surface area contributed by atoms with Crippen LogP contribution in [-0.2, 0) is 9.53 Å². The topological polar surface area (TPSA) is 58.6 Å². The van der Waals surface area contributed by atoms with Gasteiger partial charge in [0, 0.05) is 23.3 Å². The van der Waals surface area contributed by atoms with Gasteiger partial charge in [-0.1, -0.05) is 22.5 Å². The fraction of sp³-hybridized carbons (Fsp3) is 0.231. The molecule has 0 saturated carbocycles. The summed E-state index contributed by atoms with van der Waals surface area (Å²) in [5.41, 5.74) is 0.767. The molecule has 0 aromatic heterocycles. The number of benzene rings is 1. The van der Waals surface area contributed by atoms with Crippen molar-refractivity contribution in [2.45, 2.75) is 0 Å². The first-order valence-electron chi connectivity index (χ1n) is 5.61. The van der Waals surface area contributed by atoms with E-state index in [2.05, 4.69) is 27.8 Å². The first-order valence-corrected chi connectivity index (χ1v) is 6.40. The number of hydrogen-bond donors (Lipinski definition) is 1. The maximum absolute atomic E-state index is 11.8. The van der Waals surface area contributed by atoms with E-state index in [1.54, 1.807) is 7.05 Å². The number of hydrogen-bond acceptors (Lipinski definition) is 3. The second-order valence-electron chi connectivity index (χ2n) is 3.64. The molecule has 0 radical (unpaired) electrons. The summed E-state index contributed by atoms with van der Waals surface area (Å²) in [5.74, 6) is -0.504. The summed E-state index contributed by atoms with van der Waals surface area (Å²) in [5, 5.41) is 2.64. The Morgan fingerprint density at radius 1 is 1.42 bits per heavy atom. The van der Waals surface area contributed by atoms with Crippen molar-refractivity contribution in [1.29, 1.82) is 0 Å². The molecule has 0 unspecified atom stereocenters. The second-order valence-corrected chi connectivity index (χ2v) is 4.55. The van der Waals surface area contributed by atoms with Gasteiger partial charge in [-0.2, -0.15) is 0 Å². The lowest BCUT2D eigenvalue weighted by Crippen LogP contribution is -2.39. The Morgan fingerprint density at radius 2 is 2.05 bits per heavy atom. The third kappa shape index (κ3) is 5.13. The highest BCUT2D eigenvalue weighted by Gasteiger charge is 2.09. The number of esters is 1. The normalized spacial score (nSPS) is 9.58. The first kappa shape index (κ1) is 15.2. The molecule has 1 rings (SSSR count). The smallest absolute Gasteiger partial charge is 0.330 e. The van der Waals surface area contributed by atoms with E-state index in [1.807, 2.05) is 24.3 Å². The van der Waals surface area contributed by atoms with Crippen LogP contribution >= 0.6 is 15.9 Å². The number of ether oxygens (including phenoxy) is 1. The number of rotatable bonds is 5. The molecule has 1 aromatic carbocycles. The molecule has 5 nitrogen and oxygen atoms in total. The number of amides is 2. The summed E-state index contributed by atoms with van der Waals surface area (Å²) in [4.78, 5) is 24.0. The minimum absolute atomic E-state index is 0.116. The van der Waals surface area contributed by atoms with Crippen LogP contribution in [0.1, 0.15) is 0 Å². The zero-order valence-electron chi connectivity index (χ0n) is 10.6. The van der Waals surface area contributed by atoms with E-state index in [9.17, 15) is 9.59 Å². The first-order chi connectivity index (χ1) is 9.04. The Balaban J connectivity index is 2.38. The van der Waals surface area contributed by atoms with Crippen LogP contribution in [0.3, 0.4) is 0 Å². The predicted octanol–water partition coefficient (Wildman–Crippen LogP) is 2.32. The lowest BCUT2D eigenvalue weighted by Gasteiger charge is -2.18. The minimum Gasteiger partial charge on any atom is -0.461 e. The van der Waals surface area contributed by atoms with Crippen molar-refractivity contribution in [3.05, 3.63) is 41.4 Å². The van der Waals surface area contributed by atoms with E-state index >= 15 is 0 Å². The maximum atomic E-state index is 11.8. The molecule has 102 valence electrons. The van der Waals surface area contributed by atoms with Crippen molar-refractivity contribution < 1.29 is 14.3 Å². The van der Waals surface area contributed by atoms with Crippen LogP contribution in [0.25, 0.3) is 0 Å². The number of carbonyl (C=O) groups excluding carboxylic acids is 2. The summed E-state index contributed by atoms with van der Waals surface area (Å²) >= 11 is 3.33. The number of nitrogens with one attached hydrogen (secondary N) is 1. The molecule has 0 heterocycles. The van der Waals surface area contributed by atoms with Gasteiger partial charge in [-0.25, -0.2) is 9.59 Å². The van der Waals surface area contributed by atoms with Crippen molar-refractivity contribution in [2.24, 2.45) is 0 Å². The van der Waals surface area contributed by atoms with Gasteiger partial charge in [-0.05, 0) is 24.3 Å². The van der Waals surface area contributed by atoms with E-state index in [1.165, 1.54) is 4.90 Å². The Kier molecular flexibility index (Phi) is 6.08. The maximum Gasteiger partial charge on any atom is 0.330 e.